The second-order valence-corrected chi connectivity index (χ2v) is 6.97. The summed E-state index contributed by atoms with van der Waals surface area (Å²) >= 11 is 3.13. The van der Waals surface area contributed by atoms with Gasteiger partial charge in [-0.1, -0.05) is 12.1 Å². The van der Waals surface area contributed by atoms with Gasteiger partial charge in [0, 0.05) is 0 Å². The van der Waals surface area contributed by atoms with Crippen molar-refractivity contribution in [2.75, 3.05) is 14.1 Å². The molecule has 0 heterocycles. The van der Waals surface area contributed by atoms with Gasteiger partial charge >= 0.3 is 5.91 Å². The molecule has 0 spiro atoms. The zero-order chi connectivity index (χ0) is 12.6. The fourth-order valence-corrected chi connectivity index (χ4v) is 2.10. The van der Waals surface area contributed by atoms with Crippen molar-refractivity contribution in [2.24, 2.45) is 5.14 Å². The molecule has 0 radical (unpaired) electrons. The van der Waals surface area contributed by atoms with Crippen LogP contribution in [0.15, 0.2) is 29.2 Å². The van der Waals surface area contributed by atoms with Crippen LogP contribution in [-0.2, 0) is 10.0 Å². The third-order valence-electron chi connectivity index (χ3n) is 1.91. The van der Waals surface area contributed by atoms with E-state index in [1.54, 1.807) is 20.2 Å². The number of primary sulfonamides is 1. The van der Waals surface area contributed by atoms with Crippen molar-refractivity contribution in [3.63, 3.8) is 0 Å². The molecule has 7 heteroatoms. The lowest BCUT2D eigenvalue weighted by Crippen LogP contribution is -2.36. The molecule has 0 aliphatic heterocycles. The lowest BCUT2D eigenvalue weighted by Gasteiger charge is -2.17. The maximum absolute atomic E-state index is 11.9. The van der Waals surface area contributed by atoms with Crippen LogP contribution >= 0.6 is 16.1 Å². The fraction of sp³-hybridized carbons (Fsp3) is 0.222. The summed E-state index contributed by atoms with van der Waals surface area (Å²) in [7, 11) is -0.719. The van der Waals surface area contributed by atoms with Gasteiger partial charge in [0.25, 0.3) is 0 Å². The van der Waals surface area contributed by atoms with Crippen molar-refractivity contribution in [3.05, 3.63) is 29.8 Å². The zero-order valence-electron chi connectivity index (χ0n) is 8.84. The van der Waals surface area contributed by atoms with Gasteiger partial charge in [-0.3, -0.25) is 0 Å². The van der Waals surface area contributed by atoms with Crippen molar-refractivity contribution in [3.8, 4) is 0 Å². The molecule has 5 nitrogen and oxygen atoms in total. The number of quaternary nitrogens is 1. The Bertz CT molecular complexity index is 520. The predicted molar refractivity (Wildman–Crippen MR) is 63.2 cm³/mol. The lowest BCUT2D eigenvalue weighted by molar-refractivity contribution is -0.641. The number of hydrogen-bond acceptors (Lipinski definition) is 3. The molecule has 1 rings (SSSR count). The number of hydrogen-bond donors (Lipinski definition) is 1. The molecular formula is C9H12BrN2O3S+. The summed E-state index contributed by atoms with van der Waals surface area (Å²) in [5.41, 5.74) is 0.0758. The molecule has 2 N–H and O–H groups in total. The average Bonchev–Trinajstić information content (AvgIpc) is 2.14. The molecule has 0 bridgehead atoms. The van der Waals surface area contributed by atoms with E-state index in [-0.39, 0.29) is 19.9 Å². The first kappa shape index (κ1) is 13.3. The van der Waals surface area contributed by atoms with E-state index in [2.05, 4.69) is 16.1 Å². The minimum absolute atomic E-state index is 0.0758. The Labute approximate surface area is 103 Å². The van der Waals surface area contributed by atoms with E-state index in [4.69, 9.17) is 5.14 Å². The summed E-state index contributed by atoms with van der Waals surface area (Å²) in [4.78, 5) is 11.8. The molecule has 0 aliphatic carbocycles. The molecule has 1 amide bonds. The monoisotopic (exact) mass is 307 g/mol. The second kappa shape index (κ2) is 4.25. The van der Waals surface area contributed by atoms with Crippen LogP contribution in [0.2, 0.25) is 0 Å². The van der Waals surface area contributed by atoms with Crippen LogP contribution in [0.25, 0.3) is 0 Å². The van der Waals surface area contributed by atoms with Crippen molar-refractivity contribution in [2.45, 2.75) is 4.90 Å². The molecule has 0 aliphatic rings. The molecule has 0 fully saturated rings. The van der Waals surface area contributed by atoms with Gasteiger partial charge in [0.2, 0.25) is 26.2 Å². The number of carbonyl (C=O) groups is 1. The molecule has 1 aromatic rings. The Morgan fingerprint density at radius 1 is 1.31 bits per heavy atom. The quantitative estimate of drug-likeness (QED) is 0.823. The molecule has 0 saturated carbocycles. The predicted octanol–water partition coefficient (Wildman–Crippen LogP) is 0.861. The van der Waals surface area contributed by atoms with E-state index < -0.39 is 10.0 Å². The standard InChI is InChI=1S/C9H12BrN2O3S/c1-12(2,10)9(13)7-5-3-4-6-8(7)16(11,14)15/h3-6H,1-2H3,(H2,11,14,15)/q+1. The molecule has 0 atom stereocenters. The number of sulfonamides is 1. The van der Waals surface area contributed by atoms with Gasteiger partial charge in [-0.2, -0.15) is 3.51 Å². The van der Waals surface area contributed by atoms with Gasteiger partial charge in [-0.25, -0.2) is 18.4 Å². The number of nitrogens with zero attached hydrogens (tertiary/aromatic N) is 1. The highest BCUT2D eigenvalue weighted by Crippen LogP contribution is 2.20. The van der Waals surface area contributed by atoms with Crippen LogP contribution < -0.4 is 5.14 Å². The lowest BCUT2D eigenvalue weighted by atomic mass is 10.2. The zero-order valence-corrected chi connectivity index (χ0v) is 11.2. The summed E-state index contributed by atoms with van der Waals surface area (Å²) in [6.45, 7) is 0. The van der Waals surface area contributed by atoms with Crippen LogP contribution in [-0.4, -0.2) is 31.9 Å². The number of rotatable bonds is 2. The van der Waals surface area contributed by atoms with Crippen molar-refractivity contribution < 1.29 is 16.7 Å². The highest BCUT2D eigenvalue weighted by atomic mass is 79.9. The van der Waals surface area contributed by atoms with Crippen molar-refractivity contribution >= 4 is 32.1 Å². The fourth-order valence-electron chi connectivity index (χ4n) is 1.18. The second-order valence-electron chi connectivity index (χ2n) is 3.66. The molecular weight excluding hydrogens is 296 g/mol. The number of benzene rings is 1. The van der Waals surface area contributed by atoms with Crippen LogP contribution in [0.5, 0.6) is 0 Å². The highest BCUT2D eigenvalue weighted by Gasteiger charge is 2.30. The van der Waals surface area contributed by atoms with Gasteiger partial charge in [0.05, 0.1) is 24.6 Å². The molecule has 0 unspecified atom stereocenters. The largest absolute Gasteiger partial charge is 0.356 e. The van der Waals surface area contributed by atoms with E-state index in [0.717, 1.165) is 0 Å². The summed E-state index contributed by atoms with van der Waals surface area (Å²) in [6, 6.07) is 5.85. The third kappa shape index (κ3) is 2.88. The SMILES string of the molecule is C[N+](C)(Br)C(=O)c1ccccc1S(N)(=O)=O. The van der Waals surface area contributed by atoms with E-state index in [1.807, 2.05) is 0 Å². The Balaban J connectivity index is 3.42. The molecule has 1 aromatic carbocycles. The van der Waals surface area contributed by atoms with Crippen LogP contribution in [0, 0.1) is 0 Å². The normalized spacial score (nSPS) is 12.5. The number of halogens is 1. The Morgan fingerprint density at radius 3 is 2.25 bits per heavy atom. The Hall–Kier alpha value is -0.760. The van der Waals surface area contributed by atoms with E-state index in [9.17, 15) is 13.2 Å². The van der Waals surface area contributed by atoms with Gasteiger partial charge in [-0.05, 0) is 12.1 Å². The van der Waals surface area contributed by atoms with Crippen LogP contribution in [0.3, 0.4) is 0 Å². The van der Waals surface area contributed by atoms with Crippen molar-refractivity contribution in [1.82, 2.24) is 0 Å². The van der Waals surface area contributed by atoms with Gasteiger partial charge in [-0.15, -0.1) is 0 Å². The summed E-state index contributed by atoms with van der Waals surface area (Å²) in [5.74, 6) is -0.385. The molecule has 0 aromatic heterocycles. The Morgan fingerprint density at radius 2 is 1.81 bits per heavy atom. The van der Waals surface area contributed by atoms with Gasteiger partial charge in [0.15, 0.2) is 0 Å². The summed E-state index contributed by atoms with van der Waals surface area (Å²) in [6.07, 6.45) is 0. The van der Waals surface area contributed by atoms with Crippen LogP contribution in [0.1, 0.15) is 10.4 Å². The molecule has 16 heavy (non-hydrogen) atoms. The topological polar surface area (TPSA) is 77.2 Å². The van der Waals surface area contributed by atoms with E-state index in [0.29, 0.717) is 0 Å². The summed E-state index contributed by atoms with van der Waals surface area (Å²) in [5, 5.41) is 5.04. The van der Waals surface area contributed by atoms with Crippen molar-refractivity contribution in [1.29, 1.82) is 0 Å². The van der Waals surface area contributed by atoms with Crippen LogP contribution in [0.4, 0.5) is 0 Å². The maximum Gasteiger partial charge on any atom is 0.356 e. The van der Waals surface area contributed by atoms with E-state index >= 15 is 0 Å². The summed E-state index contributed by atoms with van der Waals surface area (Å²) < 4.78 is 22.4. The highest BCUT2D eigenvalue weighted by molar-refractivity contribution is 9.05. The maximum atomic E-state index is 11.9. The first-order valence-electron chi connectivity index (χ1n) is 4.34. The number of amides is 1. The minimum atomic E-state index is -3.89. The number of carbonyl (C=O) groups excluding carboxylic acids is 1. The first-order chi connectivity index (χ1) is 7.14. The number of nitrogens with two attached hydrogens (primary N) is 1. The first-order valence-corrected chi connectivity index (χ1v) is 6.60. The van der Waals surface area contributed by atoms with Gasteiger partial charge in [0.1, 0.15) is 0 Å². The minimum Gasteiger partial charge on any atom is -0.225 e. The third-order valence-corrected chi connectivity index (χ3v) is 3.20. The Kier molecular flexibility index (Phi) is 3.53. The smallest absolute Gasteiger partial charge is 0.225 e. The molecule has 88 valence electrons. The molecule has 0 saturated heterocycles. The van der Waals surface area contributed by atoms with Gasteiger partial charge < -0.3 is 0 Å². The average molecular weight is 308 g/mol. The van der Waals surface area contributed by atoms with E-state index in [1.165, 1.54) is 18.2 Å².